The SMILES string of the molecule is COCCNC(=O)/C(C#N)=C1\N=C(N)c2ccccc21. The van der Waals surface area contributed by atoms with E-state index in [9.17, 15) is 10.1 Å². The summed E-state index contributed by atoms with van der Waals surface area (Å²) < 4.78 is 4.84. The highest BCUT2D eigenvalue weighted by Crippen LogP contribution is 2.29. The Morgan fingerprint density at radius 1 is 1.45 bits per heavy atom. The molecule has 102 valence electrons. The number of nitrogens with two attached hydrogens (primary N) is 1. The molecule has 3 N–H and O–H groups in total. The van der Waals surface area contributed by atoms with Gasteiger partial charge < -0.3 is 15.8 Å². The molecule has 1 aliphatic rings. The Bertz CT molecular complexity index is 641. The van der Waals surface area contributed by atoms with Crippen molar-refractivity contribution in [1.82, 2.24) is 5.32 Å². The highest BCUT2D eigenvalue weighted by atomic mass is 16.5. The molecule has 0 saturated carbocycles. The van der Waals surface area contributed by atoms with E-state index in [1.807, 2.05) is 18.2 Å². The Labute approximate surface area is 116 Å². The Morgan fingerprint density at radius 2 is 2.15 bits per heavy atom. The van der Waals surface area contributed by atoms with Crippen LogP contribution in [0.3, 0.4) is 0 Å². The van der Waals surface area contributed by atoms with Crippen LogP contribution in [-0.2, 0) is 9.53 Å². The van der Waals surface area contributed by atoms with E-state index < -0.39 is 5.91 Å². The molecule has 1 amide bonds. The second kappa shape index (κ2) is 5.99. The first-order valence-corrected chi connectivity index (χ1v) is 6.04. The highest BCUT2D eigenvalue weighted by molar-refractivity contribution is 6.14. The van der Waals surface area contributed by atoms with Gasteiger partial charge in [0.15, 0.2) is 0 Å². The van der Waals surface area contributed by atoms with E-state index in [-0.39, 0.29) is 5.57 Å². The molecule has 1 aliphatic heterocycles. The second-order valence-electron chi connectivity index (χ2n) is 4.13. The molecule has 0 radical (unpaired) electrons. The number of carbonyl (C=O) groups is 1. The van der Waals surface area contributed by atoms with E-state index in [4.69, 9.17) is 10.5 Å². The monoisotopic (exact) mass is 270 g/mol. The Hall–Kier alpha value is -2.65. The molecule has 0 aromatic heterocycles. The van der Waals surface area contributed by atoms with Crippen molar-refractivity contribution in [3.63, 3.8) is 0 Å². The van der Waals surface area contributed by atoms with Crippen molar-refractivity contribution in [2.45, 2.75) is 0 Å². The van der Waals surface area contributed by atoms with Gasteiger partial charge in [-0.2, -0.15) is 5.26 Å². The first-order chi connectivity index (χ1) is 9.69. The van der Waals surface area contributed by atoms with Gasteiger partial charge >= 0.3 is 0 Å². The van der Waals surface area contributed by atoms with E-state index in [0.29, 0.717) is 30.2 Å². The van der Waals surface area contributed by atoms with Gasteiger partial charge in [-0.15, -0.1) is 0 Å². The van der Waals surface area contributed by atoms with Crippen molar-refractivity contribution in [2.24, 2.45) is 10.7 Å². The highest BCUT2D eigenvalue weighted by Gasteiger charge is 2.24. The number of aliphatic imine (C=N–C) groups is 1. The molecule has 2 rings (SSSR count). The number of hydrogen-bond donors (Lipinski definition) is 2. The number of nitriles is 1. The van der Waals surface area contributed by atoms with Crippen LogP contribution in [0.2, 0.25) is 0 Å². The lowest BCUT2D eigenvalue weighted by atomic mass is 10.0. The lowest BCUT2D eigenvalue weighted by Crippen LogP contribution is -2.28. The summed E-state index contributed by atoms with van der Waals surface area (Å²) in [6.07, 6.45) is 0. The van der Waals surface area contributed by atoms with Crippen molar-refractivity contribution >= 4 is 17.4 Å². The zero-order chi connectivity index (χ0) is 14.5. The molecule has 6 heteroatoms. The maximum Gasteiger partial charge on any atom is 0.264 e. The van der Waals surface area contributed by atoms with Crippen molar-refractivity contribution in [3.8, 4) is 6.07 Å². The third kappa shape index (κ3) is 2.53. The molecule has 1 heterocycles. The summed E-state index contributed by atoms with van der Waals surface area (Å²) in [5.41, 5.74) is 7.51. The zero-order valence-electron chi connectivity index (χ0n) is 11.0. The summed E-state index contributed by atoms with van der Waals surface area (Å²) in [6.45, 7) is 0.705. The van der Waals surface area contributed by atoms with E-state index in [2.05, 4.69) is 10.3 Å². The van der Waals surface area contributed by atoms with Crippen LogP contribution in [0.1, 0.15) is 11.1 Å². The van der Waals surface area contributed by atoms with Gasteiger partial charge in [-0.05, 0) is 0 Å². The quantitative estimate of drug-likeness (QED) is 0.470. The van der Waals surface area contributed by atoms with Crippen LogP contribution in [0.25, 0.3) is 5.70 Å². The molecule has 0 unspecified atom stereocenters. The van der Waals surface area contributed by atoms with Gasteiger partial charge in [-0.25, -0.2) is 4.99 Å². The number of nitrogens with zero attached hydrogens (tertiary/aromatic N) is 2. The molecule has 0 bridgehead atoms. The Morgan fingerprint density at radius 3 is 2.80 bits per heavy atom. The molecule has 0 aliphatic carbocycles. The summed E-state index contributed by atoms with van der Waals surface area (Å²) in [4.78, 5) is 16.1. The van der Waals surface area contributed by atoms with E-state index >= 15 is 0 Å². The van der Waals surface area contributed by atoms with E-state index in [1.165, 1.54) is 7.11 Å². The van der Waals surface area contributed by atoms with Gasteiger partial charge in [-0.1, -0.05) is 24.3 Å². The van der Waals surface area contributed by atoms with Gasteiger partial charge in [-0.3, -0.25) is 4.79 Å². The molecule has 0 atom stereocenters. The summed E-state index contributed by atoms with van der Waals surface area (Å²) in [5.74, 6) is -0.166. The molecule has 0 spiro atoms. The number of rotatable bonds is 4. The average Bonchev–Trinajstić information content (AvgIpc) is 2.78. The third-order valence-electron chi connectivity index (χ3n) is 2.86. The van der Waals surface area contributed by atoms with Crippen molar-refractivity contribution < 1.29 is 9.53 Å². The van der Waals surface area contributed by atoms with Crippen LogP contribution in [0.15, 0.2) is 34.8 Å². The van der Waals surface area contributed by atoms with Gasteiger partial charge in [0.2, 0.25) is 0 Å². The largest absolute Gasteiger partial charge is 0.383 e. The van der Waals surface area contributed by atoms with Crippen LogP contribution in [0.5, 0.6) is 0 Å². The summed E-state index contributed by atoms with van der Waals surface area (Å²) in [5, 5.41) is 11.8. The lowest BCUT2D eigenvalue weighted by molar-refractivity contribution is -0.117. The molecule has 1 aromatic carbocycles. The molecular formula is C14H14N4O2. The van der Waals surface area contributed by atoms with Crippen LogP contribution in [0, 0.1) is 11.3 Å². The number of ether oxygens (including phenoxy) is 1. The Balaban J connectivity index is 2.36. The number of nitrogens with one attached hydrogen (secondary N) is 1. The lowest BCUT2D eigenvalue weighted by Gasteiger charge is -2.05. The number of carbonyl (C=O) groups excluding carboxylic acids is 1. The topological polar surface area (TPSA) is 100 Å². The molecular weight excluding hydrogens is 256 g/mol. The van der Waals surface area contributed by atoms with Gasteiger partial charge in [0.25, 0.3) is 5.91 Å². The van der Waals surface area contributed by atoms with Crippen LogP contribution in [-0.4, -0.2) is 32.0 Å². The normalized spacial score (nSPS) is 15.1. The van der Waals surface area contributed by atoms with Crippen molar-refractivity contribution in [1.29, 1.82) is 5.26 Å². The number of methoxy groups -OCH3 is 1. The number of benzene rings is 1. The third-order valence-corrected chi connectivity index (χ3v) is 2.86. The predicted molar refractivity (Wildman–Crippen MR) is 74.6 cm³/mol. The fraction of sp³-hybridized carbons (Fsp3) is 0.214. The fourth-order valence-electron chi connectivity index (χ4n) is 1.91. The summed E-state index contributed by atoms with van der Waals surface area (Å²) in [7, 11) is 1.54. The van der Waals surface area contributed by atoms with Gasteiger partial charge in [0, 0.05) is 24.8 Å². The summed E-state index contributed by atoms with van der Waals surface area (Å²) in [6, 6.07) is 9.12. The van der Waals surface area contributed by atoms with Gasteiger partial charge in [0.05, 0.1) is 12.3 Å². The molecule has 0 fully saturated rings. The Kier molecular flexibility index (Phi) is 4.13. The molecule has 6 nitrogen and oxygen atoms in total. The zero-order valence-corrected chi connectivity index (χ0v) is 11.0. The number of amidine groups is 1. The molecule has 20 heavy (non-hydrogen) atoms. The van der Waals surface area contributed by atoms with Crippen LogP contribution in [0.4, 0.5) is 0 Å². The average molecular weight is 270 g/mol. The minimum Gasteiger partial charge on any atom is -0.383 e. The van der Waals surface area contributed by atoms with Crippen molar-refractivity contribution in [3.05, 3.63) is 41.0 Å². The minimum absolute atomic E-state index is 0.0472. The number of amides is 1. The molecule has 0 saturated heterocycles. The van der Waals surface area contributed by atoms with Crippen molar-refractivity contribution in [2.75, 3.05) is 20.3 Å². The maximum atomic E-state index is 12.0. The minimum atomic E-state index is -0.479. The van der Waals surface area contributed by atoms with Crippen LogP contribution >= 0.6 is 0 Å². The fourth-order valence-corrected chi connectivity index (χ4v) is 1.91. The smallest absolute Gasteiger partial charge is 0.264 e. The van der Waals surface area contributed by atoms with Gasteiger partial charge in [0.1, 0.15) is 17.5 Å². The maximum absolute atomic E-state index is 12.0. The van der Waals surface area contributed by atoms with E-state index in [1.54, 1.807) is 12.1 Å². The first kappa shape index (κ1) is 13.8. The standard InChI is InChI=1S/C14H14N4O2/c1-20-7-6-17-14(19)11(8-15)12-9-4-2-3-5-10(9)13(16)18-12/h2-5H,6-7H2,1H3,(H2,16,18)(H,17,19)/b12-11-. The second-order valence-corrected chi connectivity index (χ2v) is 4.13. The predicted octanol–water partition coefficient (Wildman–Crippen LogP) is 0.403. The molecule has 1 aromatic rings. The van der Waals surface area contributed by atoms with E-state index in [0.717, 1.165) is 5.56 Å². The number of hydrogen-bond acceptors (Lipinski definition) is 5. The first-order valence-electron chi connectivity index (χ1n) is 6.04. The summed E-state index contributed by atoms with van der Waals surface area (Å²) >= 11 is 0. The van der Waals surface area contributed by atoms with Crippen LogP contribution < -0.4 is 11.1 Å². The number of fused-ring (bicyclic) bond motifs is 1.